The van der Waals surface area contributed by atoms with Crippen molar-refractivity contribution in [1.82, 2.24) is 0 Å². The van der Waals surface area contributed by atoms with Crippen molar-refractivity contribution in [2.24, 2.45) is 0 Å². The molecule has 2 rings (SSSR count). The number of rotatable bonds is 9. The second-order valence-electron chi connectivity index (χ2n) is 8.62. The third-order valence-electron chi connectivity index (χ3n) is 5.65. The molecule has 0 spiro atoms. The highest BCUT2D eigenvalue weighted by molar-refractivity contribution is 6.55. The Morgan fingerprint density at radius 3 is 2.35 bits per heavy atom. The van der Waals surface area contributed by atoms with Gasteiger partial charge in [-0.2, -0.15) is 0 Å². The molecule has 0 saturated carbocycles. The molecule has 1 aromatic carbocycles. The first-order valence-electron chi connectivity index (χ1n) is 10.9. The van der Waals surface area contributed by atoms with Gasteiger partial charge in [0.2, 0.25) is 0 Å². The lowest BCUT2D eigenvalue weighted by atomic mass is 9.76. The van der Waals surface area contributed by atoms with E-state index in [1.165, 1.54) is 0 Å². The Morgan fingerprint density at radius 1 is 1.16 bits per heavy atom. The molecular weight excluding hydrogens is 395 g/mol. The lowest BCUT2D eigenvalue weighted by molar-refractivity contribution is -0.142. The van der Waals surface area contributed by atoms with E-state index in [9.17, 15) is 9.90 Å². The maximum atomic E-state index is 11.9. The van der Waals surface area contributed by atoms with Crippen LogP contribution in [-0.2, 0) is 25.3 Å². The molecule has 1 aliphatic rings. The lowest BCUT2D eigenvalue weighted by Crippen LogP contribution is -2.41. The number of benzene rings is 1. The first-order valence-corrected chi connectivity index (χ1v) is 10.9. The molecule has 1 aromatic rings. The number of carbonyl (C=O) groups is 1. The summed E-state index contributed by atoms with van der Waals surface area (Å²) in [6.07, 6.45) is 3.93. The highest BCUT2D eigenvalue weighted by atomic mass is 16.7. The van der Waals surface area contributed by atoms with Crippen molar-refractivity contribution in [1.29, 1.82) is 0 Å². The number of aliphatic hydroxyl groups is 1. The maximum absolute atomic E-state index is 11.9. The fraction of sp³-hybridized carbons (Fsp3) is 0.542. The Hall–Kier alpha value is -2.25. The predicted molar refractivity (Wildman–Crippen MR) is 122 cm³/mol. The summed E-state index contributed by atoms with van der Waals surface area (Å²) in [5, 5.41) is 10.5. The smallest absolute Gasteiger partial charge is 0.498 e. The normalized spacial score (nSPS) is 19.3. The molecule has 1 aliphatic heterocycles. The number of hydrogen-bond acceptors (Lipinski definition) is 6. The molecule has 1 saturated heterocycles. The van der Waals surface area contributed by atoms with Gasteiger partial charge >= 0.3 is 13.1 Å². The van der Waals surface area contributed by atoms with Gasteiger partial charge in [-0.15, -0.1) is 0 Å². The van der Waals surface area contributed by atoms with E-state index in [1.807, 2.05) is 71.9 Å². The van der Waals surface area contributed by atoms with E-state index < -0.39 is 18.3 Å². The van der Waals surface area contributed by atoms with Crippen molar-refractivity contribution in [3.63, 3.8) is 0 Å². The van der Waals surface area contributed by atoms with Crippen LogP contribution in [0.25, 0.3) is 0 Å². The van der Waals surface area contributed by atoms with Crippen molar-refractivity contribution in [3.8, 4) is 5.75 Å². The molecule has 7 heteroatoms. The number of carbonyl (C=O) groups excluding carboxylic acids is 1. The van der Waals surface area contributed by atoms with Crippen LogP contribution in [0, 0.1) is 0 Å². The van der Waals surface area contributed by atoms with Gasteiger partial charge < -0.3 is 23.9 Å². The van der Waals surface area contributed by atoms with E-state index in [1.54, 1.807) is 13.0 Å². The minimum Gasteiger partial charge on any atom is -0.513 e. The van der Waals surface area contributed by atoms with Crippen molar-refractivity contribution >= 4 is 13.1 Å². The number of allylic oxidation sites excluding steroid dienone is 3. The van der Waals surface area contributed by atoms with Crippen LogP contribution in [-0.4, -0.2) is 42.1 Å². The highest BCUT2D eigenvalue weighted by Gasteiger charge is 2.52. The molecule has 0 aliphatic carbocycles. The number of esters is 1. The highest BCUT2D eigenvalue weighted by Crippen LogP contribution is 2.39. The van der Waals surface area contributed by atoms with Crippen LogP contribution < -0.4 is 4.74 Å². The van der Waals surface area contributed by atoms with Crippen LogP contribution in [0.2, 0.25) is 0 Å². The minimum absolute atomic E-state index is 0.149. The summed E-state index contributed by atoms with van der Waals surface area (Å²) in [5.74, 6) is 0.541. The third-order valence-corrected chi connectivity index (χ3v) is 5.65. The molecule has 1 heterocycles. The van der Waals surface area contributed by atoms with Crippen LogP contribution in [0.4, 0.5) is 0 Å². The lowest BCUT2D eigenvalue weighted by Gasteiger charge is -2.32. The number of hydrogen-bond donors (Lipinski definition) is 1. The summed E-state index contributed by atoms with van der Waals surface area (Å²) in [4.78, 5) is 11.9. The standard InChI is InChI=1S/C24H35BO6/c1-8-20(26)19(25-30-23(4,5)24(6,7)31-25)15-14-17(3)29-21-13-11-10-12-18(21)16-22(27)28-9-2/h10-15,17,26H,8-9,16H2,1-7H3/b15-14-,20-19-. The summed E-state index contributed by atoms with van der Waals surface area (Å²) >= 11 is 0. The van der Waals surface area contributed by atoms with E-state index in [0.29, 0.717) is 24.2 Å². The van der Waals surface area contributed by atoms with Crippen molar-refractivity contribution in [2.45, 2.75) is 78.6 Å². The molecule has 1 unspecified atom stereocenters. The predicted octanol–water partition coefficient (Wildman–Crippen LogP) is 4.97. The second kappa shape index (κ2) is 10.4. The Bertz CT molecular complexity index is 811. The van der Waals surface area contributed by atoms with Gasteiger partial charge in [0.05, 0.1) is 30.0 Å². The molecule has 1 N–H and O–H groups in total. The minimum atomic E-state index is -0.662. The van der Waals surface area contributed by atoms with Gasteiger partial charge in [0.25, 0.3) is 0 Å². The maximum Gasteiger partial charge on any atom is 0.498 e. The fourth-order valence-corrected chi connectivity index (χ4v) is 3.10. The molecule has 0 aromatic heterocycles. The van der Waals surface area contributed by atoms with Gasteiger partial charge in [-0.05, 0) is 53.7 Å². The Morgan fingerprint density at radius 2 is 1.77 bits per heavy atom. The summed E-state index contributed by atoms with van der Waals surface area (Å²) in [6, 6.07) is 7.40. The molecule has 0 radical (unpaired) electrons. The van der Waals surface area contributed by atoms with Crippen LogP contribution >= 0.6 is 0 Å². The molecule has 0 amide bonds. The summed E-state index contributed by atoms with van der Waals surface area (Å²) in [5.41, 5.74) is 0.341. The van der Waals surface area contributed by atoms with E-state index >= 15 is 0 Å². The third kappa shape index (κ3) is 6.37. The van der Waals surface area contributed by atoms with Crippen LogP contribution in [0.5, 0.6) is 5.75 Å². The molecule has 31 heavy (non-hydrogen) atoms. The summed E-state index contributed by atoms with van der Waals surface area (Å²) < 4.78 is 23.3. The first-order chi connectivity index (χ1) is 14.5. The molecular formula is C24H35BO6. The monoisotopic (exact) mass is 430 g/mol. The Labute approximate surface area is 186 Å². The van der Waals surface area contributed by atoms with E-state index in [-0.39, 0.29) is 24.3 Å². The number of para-hydroxylation sites is 1. The first kappa shape index (κ1) is 25.0. The van der Waals surface area contributed by atoms with Gasteiger partial charge in [-0.3, -0.25) is 4.79 Å². The molecule has 6 nitrogen and oxygen atoms in total. The number of aliphatic hydroxyl groups excluding tert-OH is 1. The van der Waals surface area contributed by atoms with E-state index in [4.69, 9.17) is 18.8 Å². The van der Waals surface area contributed by atoms with Crippen molar-refractivity contribution < 1.29 is 28.7 Å². The van der Waals surface area contributed by atoms with Crippen molar-refractivity contribution in [2.75, 3.05) is 6.61 Å². The van der Waals surface area contributed by atoms with Crippen molar-refractivity contribution in [3.05, 3.63) is 53.2 Å². The zero-order valence-corrected chi connectivity index (χ0v) is 19.7. The van der Waals surface area contributed by atoms with Crippen LogP contribution in [0.1, 0.15) is 60.5 Å². The van der Waals surface area contributed by atoms with Crippen LogP contribution in [0.3, 0.4) is 0 Å². The Balaban J connectivity index is 2.16. The molecule has 0 bridgehead atoms. The fourth-order valence-electron chi connectivity index (χ4n) is 3.10. The average Bonchev–Trinajstić information content (AvgIpc) is 2.90. The quantitative estimate of drug-likeness (QED) is 0.258. The largest absolute Gasteiger partial charge is 0.513 e. The molecule has 1 fully saturated rings. The van der Waals surface area contributed by atoms with Gasteiger partial charge in [-0.25, -0.2) is 0 Å². The molecule has 1 atom stereocenters. The van der Waals surface area contributed by atoms with E-state index in [2.05, 4.69) is 0 Å². The second-order valence-corrected chi connectivity index (χ2v) is 8.62. The zero-order chi connectivity index (χ0) is 23.2. The van der Waals surface area contributed by atoms with E-state index in [0.717, 1.165) is 5.56 Å². The Kier molecular flexibility index (Phi) is 8.38. The van der Waals surface area contributed by atoms with Gasteiger partial charge in [0.1, 0.15) is 11.9 Å². The summed E-state index contributed by atoms with van der Waals surface area (Å²) in [6.45, 7) is 13.8. The average molecular weight is 430 g/mol. The van der Waals surface area contributed by atoms with Gasteiger partial charge in [0, 0.05) is 17.5 Å². The zero-order valence-electron chi connectivity index (χ0n) is 19.7. The molecule has 170 valence electrons. The number of ether oxygens (including phenoxy) is 2. The topological polar surface area (TPSA) is 74.2 Å². The van der Waals surface area contributed by atoms with Gasteiger partial charge in [-0.1, -0.05) is 31.2 Å². The van der Waals surface area contributed by atoms with Crippen LogP contribution in [0.15, 0.2) is 47.6 Å². The van der Waals surface area contributed by atoms with Gasteiger partial charge in [0.15, 0.2) is 0 Å². The SMILES string of the molecule is CCOC(=O)Cc1ccccc1OC(C)/C=C\C(B1OC(C)(C)C(C)(C)O1)=C(\O)CC. The summed E-state index contributed by atoms with van der Waals surface area (Å²) in [7, 11) is -0.662.